The van der Waals surface area contributed by atoms with Gasteiger partial charge >= 0.3 is 0 Å². The zero-order valence-corrected chi connectivity index (χ0v) is 18.5. The number of Topliss-reactive ketones (excluding diaryl/α,β-unsaturated/α-hetero) is 1. The third-order valence-electron chi connectivity index (χ3n) is 4.75. The molecule has 0 amide bonds. The number of hydrogen-bond donors (Lipinski definition) is 0. The molecule has 1 aromatic carbocycles. The standard InChI is InChI=1S/C24H32O4/c1-23(2,3)17-11-15(12-18(21(17)25)24(4,5)6)10-16-13-19(26-7)22(28-9)20(14-16)27-8/h10-14H,1-9H3. The predicted octanol–water partition coefficient (Wildman–Crippen LogP) is 5.62. The van der Waals surface area contributed by atoms with E-state index in [0.29, 0.717) is 17.2 Å². The lowest BCUT2D eigenvalue weighted by atomic mass is 9.72. The average molecular weight is 385 g/mol. The van der Waals surface area contributed by atoms with Gasteiger partial charge in [0, 0.05) is 11.1 Å². The second-order valence-corrected chi connectivity index (χ2v) is 9.05. The first kappa shape index (κ1) is 21.8. The first-order chi connectivity index (χ1) is 12.9. The maximum Gasteiger partial charge on any atom is 0.203 e. The molecular formula is C24H32O4. The van der Waals surface area contributed by atoms with Crippen molar-refractivity contribution in [2.24, 2.45) is 10.8 Å². The number of ketones is 1. The van der Waals surface area contributed by atoms with Gasteiger partial charge in [0.05, 0.1) is 21.3 Å². The van der Waals surface area contributed by atoms with Crippen molar-refractivity contribution < 1.29 is 19.0 Å². The number of carbonyl (C=O) groups is 1. The molecular weight excluding hydrogens is 352 g/mol. The summed E-state index contributed by atoms with van der Waals surface area (Å²) in [5.41, 5.74) is 3.04. The van der Waals surface area contributed by atoms with E-state index < -0.39 is 0 Å². The molecule has 0 atom stereocenters. The summed E-state index contributed by atoms with van der Waals surface area (Å²) in [6.07, 6.45) is 6.01. The Bertz CT molecular complexity index is 795. The molecule has 0 N–H and O–H groups in total. The van der Waals surface area contributed by atoms with Crippen molar-refractivity contribution in [1.29, 1.82) is 0 Å². The molecule has 4 nitrogen and oxygen atoms in total. The van der Waals surface area contributed by atoms with Crippen LogP contribution < -0.4 is 14.2 Å². The van der Waals surface area contributed by atoms with Crippen LogP contribution in [0.25, 0.3) is 6.08 Å². The summed E-state index contributed by atoms with van der Waals surface area (Å²) >= 11 is 0. The van der Waals surface area contributed by atoms with Crippen LogP contribution in [0.4, 0.5) is 0 Å². The van der Waals surface area contributed by atoms with Gasteiger partial charge in [0.25, 0.3) is 0 Å². The second-order valence-electron chi connectivity index (χ2n) is 9.05. The Hall–Kier alpha value is -2.49. The van der Waals surface area contributed by atoms with E-state index in [1.165, 1.54) is 0 Å². The Morgan fingerprint density at radius 3 is 1.50 bits per heavy atom. The summed E-state index contributed by atoms with van der Waals surface area (Å²) in [7, 11) is 4.79. The molecule has 0 bridgehead atoms. The maximum atomic E-state index is 13.1. The Labute approximate surface area is 168 Å². The van der Waals surface area contributed by atoms with Gasteiger partial charge in [-0.15, -0.1) is 0 Å². The summed E-state index contributed by atoms with van der Waals surface area (Å²) in [4.78, 5) is 13.1. The topological polar surface area (TPSA) is 44.8 Å². The zero-order chi connectivity index (χ0) is 21.3. The maximum absolute atomic E-state index is 13.1. The minimum atomic E-state index is -0.240. The molecule has 0 heterocycles. The Morgan fingerprint density at radius 1 is 0.750 bits per heavy atom. The van der Waals surface area contributed by atoms with Crippen molar-refractivity contribution >= 4 is 11.9 Å². The van der Waals surface area contributed by atoms with Crippen molar-refractivity contribution in [3.63, 3.8) is 0 Å². The van der Waals surface area contributed by atoms with E-state index in [2.05, 4.69) is 41.5 Å². The van der Waals surface area contributed by atoms with Gasteiger partial charge in [-0.3, -0.25) is 4.79 Å². The molecule has 1 aliphatic rings. The van der Waals surface area contributed by atoms with Crippen molar-refractivity contribution in [2.75, 3.05) is 21.3 Å². The third-order valence-corrected chi connectivity index (χ3v) is 4.75. The molecule has 4 heteroatoms. The fourth-order valence-corrected chi connectivity index (χ4v) is 3.23. The van der Waals surface area contributed by atoms with Crippen LogP contribution in [0.15, 0.2) is 41.0 Å². The summed E-state index contributed by atoms with van der Waals surface area (Å²) in [5.74, 6) is 1.88. The summed E-state index contributed by atoms with van der Waals surface area (Å²) in [6, 6.07) is 3.81. The lowest BCUT2D eigenvalue weighted by Gasteiger charge is -2.31. The molecule has 1 aliphatic carbocycles. The third kappa shape index (κ3) is 4.49. The van der Waals surface area contributed by atoms with Gasteiger partial charge in [-0.25, -0.2) is 0 Å². The first-order valence-corrected chi connectivity index (χ1v) is 9.43. The lowest BCUT2D eigenvalue weighted by Crippen LogP contribution is -2.27. The molecule has 0 saturated carbocycles. The van der Waals surface area contributed by atoms with E-state index in [1.54, 1.807) is 21.3 Å². The molecule has 152 valence electrons. The molecule has 28 heavy (non-hydrogen) atoms. The molecule has 2 rings (SSSR count). The quantitative estimate of drug-likeness (QED) is 0.675. The summed E-state index contributed by atoms with van der Waals surface area (Å²) in [5, 5.41) is 0. The number of allylic oxidation sites excluding steroid dienone is 5. The normalized spacial score (nSPS) is 15.0. The molecule has 0 aliphatic heterocycles. The average Bonchev–Trinajstić information content (AvgIpc) is 2.60. The van der Waals surface area contributed by atoms with Crippen LogP contribution in [-0.2, 0) is 4.79 Å². The molecule has 0 saturated heterocycles. The van der Waals surface area contributed by atoms with Crippen molar-refractivity contribution in [3.8, 4) is 17.2 Å². The number of methoxy groups -OCH3 is 3. The highest BCUT2D eigenvalue weighted by molar-refractivity contribution is 6.12. The van der Waals surface area contributed by atoms with Gasteiger partial charge in [-0.1, -0.05) is 41.5 Å². The van der Waals surface area contributed by atoms with Gasteiger partial charge in [0.1, 0.15) is 0 Å². The lowest BCUT2D eigenvalue weighted by molar-refractivity contribution is -0.114. The molecule has 0 unspecified atom stereocenters. The van der Waals surface area contributed by atoms with Crippen LogP contribution in [0.3, 0.4) is 0 Å². The van der Waals surface area contributed by atoms with Crippen LogP contribution in [-0.4, -0.2) is 27.1 Å². The number of carbonyl (C=O) groups excluding carboxylic acids is 1. The van der Waals surface area contributed by atoms with Crippen molar-refractivity contribution in [1.82, 2.24) is 0 Å². The van der Waals surface area contributed by atoms with Gasteiger partial charge in [0.2, 0.25) is 5.75 Å². The second kappa shape index (κ2) is 7.86. The summed E-state index contributed by atoms with van der Waals surface area (Å²) in [6.45, 7) is 12.4. The number of ether oxygens (including phenoxy) is 3. The van der Waals surface area contributed by atoms with E-state index >= 15 is 0 Å². The molecule has 0 fully saturated rings. The number of hydrogen-bond acceptors (Lipinski definition) is 4. The van der Waals surface area contributed by atoms with Crippen LogP contribution in [0, 0.1) is 10.8 Å². The number of benzene rings is 1. The Kier molecular flexibility index (Phi) is 6.12. The zero-order valence-electron chi connectivity index (χ0n) is 18.5. The minimum absolute atomic E-state index is 0.127. The largest absolute Gasteiger partial charge is 0.493 e. The van der Waals surface area contributed by atoms with Gasteiger partial charge < -0.3 is 14.2 Å². The van der Waals surface area contributed by atoms with E-state index in [0.717, 1.165) is 22.3 Å². The van der Waals surface area contributed by atoms with Crippen LogP contribution >= 0.6 is 0 Å². The fraction of sp³-hybridized carbons (Fsp3) is 0.458. The molecule has 0 spiro atoms. The highest BCUT2D eigenvalue weighted by Crippen LogP contribution is 2.41. The van der Waals surface area contributed by atoms with Crippen LogP contribution in [0.5, 0.6) is 17.2 Å². The van der Waals surface area contributed by atoms with Crippen LogP contribution in [0.1, 0.15) is 47.1 Å². The monoisotopic (exact) mass is 384 g/mol. The van der Waals surface area contributed by atoms with E-state index in [4.69, 9.17) is 14.2 Å². The van der Waals surface area contributed by atoms with Gasteiger partial charge in [-0.2, -0.15) is 0 Å². The van der Waals surface area contributed by atoms with Gasteiger partial charge in [-0.05, 0) is 52.3 Å². The molecule has 0 radical (unpaired) electrons. The van der Waals surface area contributed by atoms with Crippen molar-refractivity contribution in [3.05, 3.63) is 46.6 Å². The first-order valence-electron chi connectivity index (χ1n) is 9.43. The fourth-order valence-electron chi connectivity index (χ4n) is 3.23. The Morgan fingerprint density at radius 2 is 1.18 bits per heavy atom. The van der Waals surface area contributed by atoms with Crippen molar-refractivity contribution in [2.45, 2.75) is 41.5 Å². The molecule has 0 aromatic heterocycles. The highest BCUT2D eigenvalue weighted by Gasteiger charge is 2.34. The SMILES string of the molecule is COc1cc(C=C2C=C(C(C)(C)C)C(=O)C(C(C)(C)C)=C2)cc(OC)c1OC. The van der Waals surface area contributed by atoms with E-state index in [9.17, 15) is 4.79 Å². The Balaban J connectivity index is 2.67. The molecule has 1 aromatic rings. The van der Waals surface area contributed by atoms with Gasteiger partial charge in [0.15, 0.2) is 17.3 Å². The van der Waals surface area contributed by atoms with E-state index in [1.807, 2.05) is 30.4 Å². The summed E-state index contributed by atoms with van der Waals surface area (Å²) < 4.78 is 16.3. The van der Waals surface area contributed by atoms with Crippen LogP contribution in [0.2, 0.25) is 0 Å². The number of rotatable bonds is 4. The minimum Gasteiger partial charge on any atom is -0.493 e. The smallest absolute Gasteiger partial charge is 0.203 e. The van der Waals surface area contributed by atoms with E-state index in [-0.39, 0.29) is 16.6 Å². The highest BCUT2D eigenvalue weighted by atomic mass is 16.5. The predicted molar refractivity (Wildman–Crippen MR) is 114 cm³/mol.